The van der Waals surface area contributed by atoms with E-state index in [2.05, 4.69) is 20.5 Å². The fraction of sp³-hybridized carbons (Fsp3) is 0.217. The van der Waals surface area contributed by atoms with Gasteiger partial charge in [-0.15, -0.1) is 0 Å². The quantitative estimate of drug-likeness (QED) is 0.179. The second kappa shape index (κ2) is 10.2. The molecule has 0 aliphatic carbocycles. The van der Waals surface area contributed by atoms with Gasteiger partial charge < -0.3 is 14.4 Å². The van der Waals surface area contributed by atoms with Crippen molar-refractivity contribution < 1.29 is 14.8 Å². The van der Waals surface area contributed by atoms with Gasteiger partial charge in [0.15, 0.2) is 11.2 Å². The lowest BCUT2D eigenvalue weighted by atomic mass is 10.1. The van der Waals surface area contributed by atoms with Crippen molar-refractivity contribution in [2.45, 2.75) is 19.6 Å². The molecular formula is C23H23N7O6. The molecule has 0 spiro atoms. The summed E-state index contributed by atoms with van der Waals surface area (Å²) in [6.07, 6.45) is -1.03. The fourth-order valence-electron chi connectivity index (χ4n) is 3.49. The molecule has 0 fully saturated rings. The molecule has 3 N–H and O–H groups in total. The first kappa shape index (κ1) is 24.3. The van der Waals surface area contributed by atoms with Gasteiger partial charge in [0.05, 0.1) is 17.2 Å². The number of aromatic amines is 1. The highest BCUT2D eigenvalue weighted by Crippen LogP contribution is 2.18. The van der Waals surface area contributed by atoms with Crippen molar-refractivity contribution in [3.63, 3.8) is 0 Å². The zero-order chi connectivity index (χ0) is 25.8. The van der Waals surface area contributed by atoms with E-state index >= 15 is 0 Å². The maximum atomic E-state index is 12.6. The number of anilines is 1. The maximum absolute atomic E-state index is 12.6. The summed E-state index contributed by atoms with van der Waals surface area (Å²) in [6.45, 7) is 1.54. The van der Waals surface area contributed by atoms with Crippen LogP contribution >= 0.6 is 0 Å². The number of nitrogens with one attached hydrogen (secondary N) is 2. The first-order chi connectivity index (χ1) is 17.2. The predicted octanol–water partition coefficient (Wildman–Crippen LogP) is 1.61. The molecule has 1 atom stereocenters. The van der Waals surface area contributed by atoms with E-state index in [1.807, 2.05) is 6.07 Å². The van der Waals surface area contributed by atoms with Crippen LogP contribution in [0.1, 0.15) is 12.5 Å². The van der Waals surface area contributed by atoms with Crippen molar-refractivity contribution in [1.29, 1.82) is 0 Å². The number of aliphatic hydroxyl groups is 1. The van der Waals surface area contributed by atoms with E-state index in [4.69, 9.17) is 4.74 Å². The number of benzene rings is 2. The molecule has 186 valence electrons. The first-order valence-electron chi connectivity index (χ1n) is 10.8. The van der Waals surface area contributed by atoms with E-state index in [0.717, 1.165) is 0 Å². The number of rotatable bonds is 9. The van der Waals surface area contributed by atoms with Crippen LogP contribution in [0.25, 0.3) is 11.2 Å². The fourth-order valence-corrected chi connectivity index (χ4v) is 3.49. The van der Waals surface area contributed by atoms with Crippen molar-refractivity contribution in [3.05, 3.63) is 91.1 Å². The third-order valence-corrected chi connectivity index (χ3v) is 5.41. The van der Waals surface area contributed by atoms with Crippen molar-refractivity contribution in [3.8, 4) is 5.75 Å². The lowest BCUT2D eigenvalue weighted by Gasteiger charge is -2.15. The number of para-hydroxylation sites is 1. The van der Waals surface area contributed by atoms with Gasteiger partial charge >= 0.3 is 5.69 Å². The Kier molecular flexibility index (Phi) is 6.92. The summed E-state index contributed by atoms with van der Waals surface area (Å²) in [5.74, 6) is 0.686. The van der Waals surface area contributed by atoms with E-state index in [9.17, 15) is 24.8 Å². The Balaban J connectivity index is 1.64. The van der Waals surface area contributed by atoms with Gasteiger partial charge in [-0.2, -0.15) is 10.1 Å². The standard InChI is InChI=1S/C23H23N7O6/c1-14(15-8-10-16(11-9-15)30(34)35)26-27-22-24-20-19(21(32)25-23(33)28(20)2)29(22)12-17(31)13-36-18-6-4-3-5-7-18/h3-11,17,31H,12-13H2,1-2H3,(H,24,27)(H,25,32,33)/b26-14-. The molecule has 0 aliphatic rings. The number of nitro benzene ring substituents is 1. The number of fused-ring (bicyclic) bond motifs is 1. The Hall–Kier alpha value is -4.78. The van der Waals surface area contributed by atoms with Crippen LogP contribution in [0.2, 0.25) is 0 Å². The molecule has 2 heterocycles. The number of nitrogens with zero attached hydrogens (tertiary/aromatic N) is 5. The summed E-state index contributed by atoms with van der Waals surface area (Å²) in [5, 5.41) is 25.8. The molecule has 0 saturated carbocycles. The molecule has 2 aromatic carbocycles. The van der Waals surface area contributed by atoms with E-state index < -0.39 is 22.3 Å². The highest BCUT2D eigenvalue weighted by atomic mass is 16.6. The summed E-state index contributed by atoms with van der Waals surface area (Å²) in [7, 11) is 1.46. The number of hydrogen-bond donors (Lipinski definition) is 3. The largest absolute Gasteiger partial charge is 0.491 e. The molecule has 0 radical (unpaired) electrons. The Morgan fingerprint density at radius 2 is 1.92 bits per heavy atom. The summed E-state index contributed by atoms with van der Waals surface area (Å²) < 4.78 is 8.20. The number of hydrogen-bond acceptors (Lipinski definition) is 9. The highest BCUT2D eigenvalue weighted by molar-refractivity contribution is 5.99. The number of non-ortho nitro benzene ring substituents is 1. The summed E-state index contributed by atoms with van der Waals surface area (Å²) >= 11 is 0. The number of ether oxygens (including phenoxy) is 1. The molecule has 0 amide bonds. The molecule has 0 aliphatic heterocycles. The average molecular weight is 493 g/mol. The lowest BCUT2D eigenvalue weighted by molar-refractivity contribution is -0.384. The Morgan fingerprint density at radius 1 is 1.22 bits per heavy atom. The first-order valence-corrected chi connectivity index (χ1v) is 10.8. The normalized spacial score (nSPS) is 12.5. The highest BCUT2D eigenvalue weighted by Gasteiger charge is 2.20. The monoisotopic (exact) mass is 493 g/mol. The minimum absolute atomic E-state index is 0.0480. The molecule has 36 heavy (non-hydrogen) atoms. The predicted molar refractivity (Wildman–Crippen MR) is 132 cm³/mol. The molecular weight excluding hydrogens is 470 g/mol. The minimum Gasteiger partial charge on any atom is -0.491 e. The third kappa shape index (κ3) is 5.15. The van der Waals surface area contributed by atoms with Gasteiger partial charge in [0.1, 0.15) is 18.5 Å². The number of H-pyrrole nitrogens is 1. The van der Waals surface area contributed by atoms with E-state index in [1.54, 1.807) is 43.3 Å². The van der Waals surface area contributed by atoms with Crippen molar-refractivity contribution in [1.82, 2.24) is 19.1 Å². The van der Waals surface area contributed by atoms with Gasteiger partial charge in [-0.3, -0.25) is 24.5 Å². The van der Waals surface area contributed by atoms with E-state index in [-0.39, 0.29) is 36.0 Å². The second-order valence-electron chi connectivity index (χ2n) is 7.93. The van der Waals surface area contributed by atoms with Crippen LogP contribution in [-0.4, -0.2) is 47.6 Å². The van der Waals surface area contributed by atoms with Crippen LogP contribution in [0, 0.1) is 10.1 Å². The summed E-state index contributed by atoms with van der Waals surface area (Å²) in [6, 6.07) is 14.8. The number of nitro groups is 1. The average Bonchev–Trinajstić information content (AvgIpc) is 3.24. The van der Waals surface area contributed by atoms with Gasteiger partial charge in [-0.05, 0) is 36.8 Å². The van der Waals surface area contributed by atoms with E-state index in [1.165, 1.54) is 28.3 Å². The molecule has 0 bridgehead atoms. The van der Waals surface area contributed by atoms with Gasteiger partial charge in [-0.25, -0.2) is 10.2 Å². The van der Waals surface area contributed by atoms with Crippen LogP contribution in [0.4, 0.5) is 11.6 Å². The van der Waals surface area contributed by atoms with Crippen molar-refractivity contribution >= 4 is 28.5 Å². The molecule has 1 unspecified atom stereocenters. The molecule has 13 heteroatoms. The minimum atomic E-state index is -1.03. The van der Waals surface area contributed by atoms with Crippen LogP contribution < -0.4 is 21.4 Å². The number of aromatic nitrogens is 4. The van der Waals surface area contributed by atoms with Crippen molar-refractivity contribution in [2.24, 2.45) is 12.1 Å². The van der Waals surface area contributed by atoms with Crippen LogP contribution in [-0.2, 0) is 13.6 Å². The molecule has 2 aromatic heterocycles. The van der Waals surface area contributed by atoms with Crippen molar-refractivity contribution in [2.75, 3.05) is 12.0 Å². The Bertz CT molecular complexity index is 1540. The maximum Gasteiger partial charge on any atom is 0.329 e. The lowest BCUT2D eigenvalue weighted by Crippen LogP contribution is -2.30. The second-order valence-corrected chi connectivity index (χ2v) is 7.93. The SMILES string of the molecule is C/C(=N/Nc1nc2c(c(=O)[nH]c(=O)n2C)n1CC(O)COc1ccccc1)c1ccc([N+](=O)[O-])cc1. The zero-order valence-electron chi connectivity index (χ0n) is 19.4. The van der Waals surface area contributed by atoms with Crippen LogP contribution in [0.15, 0.2) is 69.3 Å². The molecule has 0 saturated heterocycles. The molecule has 13 nitrogen and oxygen atoms in total. The van der Waals surface area contributed by atoms with Gasteiger partial charge in [-0.1, -0.05) is 18.2 Å². The van der Waals surface area contributed by atoms with E-state index in [0.29, 0.717) is 17.0 Å². The van der Waals surface area contributed by atoms with Crippen LogP contribution in [0.3, 0.4) is 0 Å². The Morgan fingerprint density at radius 3 is 2.58 bits per heavy atom. The molecule has 4 aromatic rings. The van der Waals surface area contributed by atoms with Gasteiger partial charge in [0.2, 0.25) is 5.95 Å². The van der Waals surface area contributed by atoms with Gasteiger partial charge in [0, 0.05) is 19.2 Å². The topological polar surface area (TPSA) is 170 Å². The third-order valence-electron chi connectivity index (χ3n) is 5.41. The summed E-state index contributed by atoms with van der Waals surface area (Å²) in [4.78, 5) is 41.7. The number of aryl methyl sites for hydroxylation is 1. The number of aliphatic hydroxyl groups excluding tert-OH is 1. The number of hydrazone groups is 1. The zero-order valence-corrected chi connectivity index (χ0v) is 19.4. The summed E-state index contributed by atoms with van der Waals surface area (Å²) in [5.41, 5.74) is 2.71. The van der Waals surface area contributed by atoms with Crippen LogP contribution in [0.5, 0.6) is 5.75 Å². The Labute approximate surface area is 203 Å². The smallest absolute Gasteiger partial charge is 0.329 e. The molecule has 4 rings (SSSR count). The van der Waals surface area contributed by atoms with Gasteiger partial charge in [0.25, 0.3) is 11.2 Å². The number of imidazole rings is 1.